The Morgan fingerprint density at radius 3 is 2.87 bits per heavy atom. The molecule has 1 heterocycles. The van der Waals surface area contributed by atoms with Crippen LogP contribution in [0.5, 0.6) is 0 Å². The van der Waals surface area contributed by atoms with Crippen molar-refractivity contribution in [1.29, 1.82) is 0 Å². The number of carbonyl (C=O) groups is 1. The van der Waals surface area contributed by atoms with E-state index in [1.165, 1.54) is 12.5 Å². The summed E-state index contributed by atoms with van der Waals surface area (Å²) in [6.45, 7) is 1.90. The van der Waals surface area contributed by atoms with E-state index in [1.54, 1.807) is 18.0 Å². The van der Waals surface area contributed by atoms with Crippen LogP contribution in [-0.4, -0.2) is 28.9 Å². The first-order valence-corrected chi connectivity index (χ1v) is 5.01. The number of furan rings is 1. The van der Waals surface area contributed by atoms with Gasteiger partial charge in [-0.1, -0.05) is 12.2 Å². The van der Waals surface area contributed by atoms with Crippen LogP contribution in [0.3, 0.4) is 0 Å². The molecule has 82 valence electrons. The molecule has 0 radical (unpaired) electrons. The number of nitrogens with two attached hydrogens (primary N) is 1. The first-order chi connectivity index (χ1) is 7.02. The van der Waals surface area contributed by atoms with E-state index in [4.69, 9.17) is 22.4 Å². The lowest BCUT2D eigenvalue weighted by Crippen LogP contribution is -2.37. The lowest BCUT2D eigenvalue weighted by molar-refractivity contribution is 0.0747. The van der Waals surface area contributed by atoms with Gasteiger partial charge in [-0.3, -0.25) is 4.79 Å². The van der Waals surface area contributed by atoms with E-state index in [1.807, 2.05) is 6.92 Å². The lowest BCUT2D eigenvalue weighted by Gasteiger charge is -2.23. The van der Waals surface area contributed by atoms with Gasteiger partial charge in [-0.2, -0.15) is 0 Å². The number of amides is 1. The quantitative estimate of drug-likeness (QED) is 0.789. The highest BCUT2D eigenvalue weighted by molar-refractivity contribution is 7.80. The van der Waals surface area contributed by atoms with Gasteiger partial charge in [0.1, 0.15) is 6.26 Å². The van der Waals surface area contributed by atoms with Crippen LogP contribution < -0.4 is 5.73 Å². The van der Waals surface area contributed by atoms with Crippen LogP contribution in [0.4, 0.5) is 0 Å². The number of thiocarbonyl (C=S) groups is 1. The van der Waals surface area contributed by atoms with Crippen molar-refractivity contribution in [2.24, 2.45) is 5.73 Å². The topological polar surface area (TPSA) is 59.5 Å². The summed E-state index contributed by atoms with van der Waals surface area (Å²) in [6.07, 6.45) is 3.42. The predicted octanol–water partition coefficient (Wildman–Crippen LogP) is 1.42. The minimum Gasteiger partial charge on any atom is -0.472 e. The molecule has 5 heteroatoms. The molecule has 0 bridgehead atoms. The Morgan fingerprint density at radius 2 is 2.40 bits per heavy atom. The normalized spacial score (nSPS) is 12.1. The van der Waals surface area contributed by atoms with Gasteiger partial charge in [0.15, 0.2) is 0 Å². The van der Waals surface area contributed by atoms with Crippen molar-refractivity contribution in [2.45, 2.75) is 19.4 Å². The van der Waals surface area contributed by atoms with Crippen molar-refractivity contribution in [3.8, 4) is 0 Å². The Balaban J connectivity index is 2.64. The first kappa shape index (κ1) is 11.7. The zero-order valence-corrected chi connectivity index (χ0v) is 9.58. The Kier molecular flexibility index (Phi) is 3.85. The number of nitrogens with zero attached hydrogens (tertiary/aromatic N) is 1. The standard InChI is InChI=1S/C10H14N2O2S/c1-7(5-9(11)15)12(2)10(13)8-3-4-14-6-8/h3-4,6-7H,5H2,1-2H3,(H2,11,15). The zero-order chi connectivity index (χ0) is 11.4. The fourth-order valence-corrected chi connectivity index (χ4v) is 1.46. The molecule has 1 atom stereocenters. The number of hydrogen-bond acceptors (Lipinski definition) is 3. The van der Waals surface area contributed by atoms with Gasteiger partial charge in [0.05, 0.1) is 16.8 Å². The van der Waals surface area contributed by atoms with Crippen molar-refractivity contribution < 1.29 is 9.21 Å². The van der Waals surface area contributed by atoms with Crippen LogP contribution in [0.1, 0.15) is 23.7 Å². The summed E-state index contributed by atoms with van der Waals surface area (Å²) in [5, 5.41) is 0. The average molecular weight is 226 g/mol. The van der Waals surface area contributed by atoms with Gasteiger partial charge in [-0.05, 0) is 13.0 Å². The molecule has 0 saturated heterocycles. The molecule has 2 N–H and O–H groups in total. The summed E-state index contributed by atoms with van der Waals surface area (Å²) >= 11 is 4.80. The summed E-state index contributed by atoms with van der Waals surface area (Å²) in [7, 11) is 1.72. The molecule has 15 heavy (non-hydrogen) atoms. The highest BCUT2D eigenvalue weighted by Gasteiger charge is 2.18. The molecule has 0 aromatic carbocycles. The number of rotatable bonds is 4. The van der Waals surface area contributed by atoms with Crippen molar-refractivity contribution in [3.63, 3.8) is 0 Å². The summed E-state index contributed by atoms with van der Waals surface area (Å²) < 4.78 is 4.85. The zero-order valence-electron chi connectivity index (χ0n) is 8.77. The molecule has 0 spiro atoms. The van der Waals surface area contributed by atoms with Gasteiger partial charge in [0.25, 0.3) is 5.91 Å². The van der Waals surface area contributed by atoms with E-state index in [-0.39, 0.29) is 11.9 Å². The van der Waals surface area contributed by atoms with Gasteiger partial charge in [-0.25, -0.2) is 0 Å². The van der Waals surface area contributed by atoms with Crippen molar-refractivity contribution in [3.05, 3.63) is 24.2 Å². The second-order valence-corrected chi connectivity index (χ2v) is 3.97. The molecule has 0 saturated carbocycles. The summed E-state index contributed by atoms with van der Waals surface area (Å²) in [5.41, 5.74) is 5.96. The third kappa shape index (κ3) is 3.06. The maximum Gasteiger partial charge on any atom is 0.257 e. The van der Waals surface area contributed by atoms with Gasteiger partial charge in [0.2, 0.25) is 0 Å². The molecule has 0 aliphatic rings. The van der Waals surface area contributed by atoms with E-state index < -0.39 is 0 Å². The highest BCUT2D eigenvalue weighted by atomic mass is 32.1. The summed E-state index contributed by atoms with van der Waals surface area (Å²) in [6, 6.07) is 1.62. The third-order valence-electron chi connectivity index (χ3n) is 2.25. The van der Waals surface area contributed by atoms with E-state index in [9.17, 15) is 4.79 Å². The lowest BCUT2D eigenvalue weighted by atomic mass is 10.2. The van der Waals surface area contributed by atoms with Gasteiger partial charge >= 0.3 is 0 Å². The van der Waals surface area contributed by atoms with Gasteiger partial charge < -0.3 is 15.1 Å². The van der Waals surface area contributed by atoms with Crippen LogP contribution in [0.2, 0.25) is 0 Å². The Labute approximate surface area is 94.0 Å². The van der Waals surface area contributed by atoms with Crippen LogP contribution >= 0.6 is 12.2 Å². The van der Waals surface area contributed by atoms with Crippen LogP contribution in [0.15, 0.2) is 23.0 Å². The second-order valence-electron chi connectivity index (χ2n) is 3.45. The molecule has 0 fully saturated rings. The summed E-state index contributed by atoms with van der Waals surface area (Å²) in [4.78, 5) is 13.8. The molecule has 1 aromatic rings. The molecule has 0 aliphatic heterocycles. The second kappa shape index (κ2) is 4.93. The maximum atomic E-state index is 11.8. The molecule has 1 unspecified atom stereocenters. The van der Waals surface area contributed by atoms with Crippen molar-refractivity contribution >= 4 is 23.1 Å². The molecule has 1 amide bonds. The average Bonchev–Trinajstić information content (AvgIpc) is 2.67. The van der Waals surface area contributed by atoms with Gasteiger partial charge in [0, 0.05) is 19.5 Å². The van der Waals surface area contributed by atoms with E-state index in [0.717, 1.165) is 0 Å². The minimum atomic E-state index is -0.0903. The maximum absolute atomic E-state index is 11.8. The fourth-order valence-electron chi connectivity index (χ4n) is 1.22. The van der Waals surface area contributed by atoms with E-state index in [2.05, 4.69) is 0 Å². The molecular weight excluding hydrogens is 212 g/mol. The van der Waals surface area contributed by atoms with E-state index in [0.29, 0.717) is 17.0 Å². The fraction of sp³-hybridized carbons (Fsp3) is 0.400. The largest absolute Gasteiger partial charge is 0.472 e. The van der Waals surface area contributed by atoms with Crippen LogP contribution in [0.25, 0.3) is 0 Å². The molecule has 4 nitrogen and oxygen atoms in total. The SMILES string of the molecule is CC(CC(N)=S)N(C)C(=O)c1ccoc1. The Bertz CT molecular complexity index is 348. The first-order valence-electron chi connectivity index (χ1n) is 4.60. The van der Waals surface area contributed by atoms with Crippen LogP contribution in [0, 0.1) is 0 Å². The number of hydrogen-bond donors (Lipinski definition) is 1. The minimum absolute atomic E-state index is 0.00935. The third-order valence-corrected chi connectivity index (χ3v) is 2.41. The Morgan fingerprint density at radius 1 is 1.73 bits per heavy atom. The number of carbonyl (C=O) groups excluding carboxylic acids is 1. The highest BCUT2D eigenvalue weighted by Crippen LogP contribution is 2.09. The van der Waals surface area contributed by atoms with Crippen LogP contribution in [-0.2, 0) is 0 Å². The molecule has 1 aromatic heterocycles. The monoisotopic (exact) mass is 226 g/mol. The predicted molar refractivity (Wildman–Crippen MR) is 61.7 cm³/mol. The van der Waals surface area contributed by atoms with E-state index >= 15 is 0 Å². The smallest absolute Gasteiger partial charge is 0.257 e. The van der Waals surface area contributed by atoms with Gasteiger partial charge in [-0.15, -0.1) is 0 Å². The Hall–Kier alpha value is -1.36. The van der Waals surface area contributed by atoms with Crippen molar-refractivity contribution in [2.75, 3.05) is 7.05 Å². The summed E-state index contributed by atoms with van der Waals surface area (Å²) in [5.74, 6) is -0.0903. The van der Waals surface area contributed by atoms with Crippen molar-refractivity contribution in [1.82, 2.24) is 4.90 Å². The molecular formula is C10H14N2O2S. The molecule has 0 aliphatic carbocycles. The molecule has 1 rings (SSSR count).